The molecule has 5 heteroatoms. The Labute approximate surface area is 138 Å². The zero-order chi connectivity index (χ0) is 15.6. The van der Waals surface area contributed by atoms with Crippen LogP contribution in [0.5, 0.6) is 0 Å². The third-order valence-corrected chi connectivity index (χ3v) is 5.16. The molecule has 1 saturated heterocycles. The van der Waals surface area contributed by atoms with Gasteiger partial charge in [-0.1, -0.05) is 30.3 Å². The molecule has 0 saturated carbocycles. The Morgan fingerprint density at radius 2 is 2.00 bits per heavy atom. The van der Waals surface area contributed by atoms with Crippen molar-refractivity contribution in [1.29, 1.82) is 0 Å². The third-order valence-electron chi connectivity index (χ3n) is 3.94. The molecule has 2 aromatic carbocycles. The minimum absolute atomic E-state index is 0.0505. The van der Waals surface area contributed by atoms with E-state index >= 15 is 0 Å². The number of furan rings is 1. The second-order valence-electron chi connectivity index (χ2n) is 5.42. The molecule has 4 nitrogen and oxygen atoms in total. The van der Waals surface area contributed by atoms with Crippen molar-refractivity contribution in [2.24, 2.45) is 0 Å². The number of hydrogen-bond acceptors (Lipinski definition) is 3. The number of nitrogens with zero attached hydrogens (tertiary/aromatic N) is 1. The highest BCUT2D eigenvalue weighted by Gasteiger charge is 2.32. The van der Waals surface area contributed by atoms with Crippen molar-refractivity contribution in [2.75, 3.05) is 17.6 Å². The summed E-state index contributed by atoms with van der Waals surface area (Å²) in [5.74, 6) is 1.73. The van der Waals surface area contributed by atoms with Crippen molar-refractivity contribution < 1.29 is 9.21 Å². The molecule has 0 bridgehead atoms. The first-order valence-corrected chi connectivity index (χ1v) is 8.57. The summed E-state index contributed by atoms with van der Waals surface area (Å²) in [5, 5.41) is 5.23. The van der Waals surface area contributed by atoms with Crippen LogP contribution in [0, 0.1) is 0 Å². The zero-order valence-electron chi connectivity index (χ0n) is 12.4. The molecule has 3 aromatic rings. The van der Waals surface area contributed by atoms with Gasteiger partial charge in [-0.25, -0.2) is 4.79 Å². The van der Waals surface area contributed by atoms with Gasteiger partial charge < -0.3 is 14.6 Å². The largest absolute Gasteiger partial charge is 0.466 e. The van der Waals surface area contributed by atoms with Gasteiger partial charge in [0.1, 0.15) is 11.1 Å². The Bertz CT molecular complexity index is 832. The summed E-state index contributed by atoms with van der Waals surface area (Å²) in [6.07, 6.45) is 1.65. The number of amides is 2. The quantitative estimate of drug-likeness (QED) is 0.742. The molecule has 1 fully saturated rings. The highest BCUT2D eigenvalue weighted by atomic mass is 32.2. The monoisotopic (exact) mass is 324 g/mol. The standard InChI is InChI=1S/C18H16N2O2S/c21-18(20-9-11-23-17(20)16-6-3-10-22-16)19-15-8-7-13-4-1-2-5-14(13)12-15/h1-8,10,12,17H,9,11H2,(H,19,21). The summed E-state index contributed by atoms with van der Waals surface area (Å²) >= 11 is 1.72. The van der Waals surface area contributed by atoms with Crippen molar-refractivity contribution in [3.05, 3.63) is 66.6 Å². The summed E-state index contributed by atoms with van der Waals surface area (Å²) in [6, 6.07) is 17.7. The SMILES string of the molecule is O=C(Nc1ccc2ccccc2c1)N1CCSC1c1ccco1. The van der Waals surface area contributed by atoms with Crippen molar-refractivity contribution in [2.45, 2.75) is 5.37 Å². The Balaban J connectivity index is 1.54. The molecule has 0 aliphatic carbocycles. The molecular weight excluding hydrogens is 308 g/mol. The number of carbonyl (C=O) groups is 1. The lowest BCUT2D eigenvalue weighted by Crippen LogP contribution is -2.34. The average Bonchev–Trinajstić information content (AvgIpc) is 3.25. The molecular formula is C18H16N2O2S. The molecule has 1 aliphatic heterocycles. The minimum Gasteiger partial charge on any atom is -0.466 e. The predicted molar refractivity (Wildman–Crippen MR) is 93.6 cm³/mol. The normalized spacial score (nSPS) is 17.6. The number of nitrogens with one attached hydrogen (secondary N) is 1. The first kappa shape index (κ1) is 14.2. The van der Waals surface area contributed by atoms with Crippen LogP contribution in [0.4, 0.5) is 10.5 Å². The van der Waals surface area contributed by atoms with Crippen LogP contribution in [0.1, 0.15) is 11.1 Å². The molecule has 4 rings (SSSR count). The maximum absolute atomic E-state index is 12.6. The molecule has 1 atom stereocenters. The van der Waals surface area contributed by atoms with Crippen LogP contribution in [0.15, 0.2) is 65.3 Å². The fraction of sp³-hybridized carbons (Fsp3) is 0.167. The van der Waals surface area contributed by atoms with Crippen molar-refractivity contribution in [3.8, 4) is 0 Å². The van der Waals surface area contributed by atoms with Crippen LogP contribution in [-0.4, -0.2) is 23.2 Å². The highest BCUT2D eigenvalue weighted by Crippen LogP contribution is 2.38. The number of urea groups is 1. The fourth-order valence-corrected chi connectivity index (χ4v) is 4.01. The van der Waals surface area contributed by atoms with E-state index in [0.717, 1.165) is 34.5 Å². The summed E-state index contributed by atoms with van der Waals surface area (Å²) in [6.45, 7) is 0.718. The van der Waals surface area contributed by atoms with Crippen LogP contribution < -0.4 is 5.32 Å². The number of carbonyl (C=O) groups excluding carboxylic acids is 1. The van der Waals surface area contributed by atoms with Crippen LogP contribution in [0.2, 0.25) is 0 Å². The van der Waals surface area contributed by atoms with E-state index < -0.39 is 0 Å². The lowest BCUT2D eigenvalue weighted by molar-refractivity contribution is 0.210. The van der Waals surface area contributed by atoms with Crippen LogP contribution in [-0.2, 0) is 0 Å². The van der Waals surface area contributed by atoms with E-state index in [-0.39, 0.29) is 11.4 Å². The molecule has 1 aromatic heterocycles. The summed E-state index contributed by atoms with van der Waals surface area (Å²) in [7, 11) is 0. The fourth-order valence-electron chi connectivity index (χ4n) is 2.81. The van der Waals surface area contributed by atoms with E-state index in [9.17, 15) is 4.79 Å². The molecule has 1 N–H and O–H groups in total. The molecule has 0 spiro atoms. The van der Waals surface area contributed by atoms with E-state index in [1.165, 1.54) is 0 Å². The second-order valence-corrected chi connectivity index (χ2v) is 6.61. The number of benzene rings is 2. The number of thioether (sulfide) groups is 1. The van der Waals surface area contributed by atoms with E-state index in [1.54, 1.807) is 18.0 Å². The molecule has 23 heavy (non-hydrogen) atoms. The van der Waals surface area contributed by atoms with Crippen LogP contribution in [0.25, 0.3) is 10.8 Å². The molecule has 2 heterocycles. The zero-order valence-corrected chi connectivity index (χ0v) is 13.3. The van der Waals surface area contributed by atoms with Crippen LogP contribution in [0.3, 0.4) is 0 Å². The van der Waals surface area contributed by atoms with E-state index in [2.05, 4.69) is 11.4 Å². The van der Waals surface area contributed by atoms with E-state index in [1.807, 2.05) is 53.4 Å². The molecule has 0 radical (unpaired) electrons. The third kappa shape index (κ3) is 2.80. The Hall–Kier alpha value is -2.40. The van der Waals surface area contributed by atoms with E-state index in [4.69, 9.17) is 4.42 Å². The van der Waals surface area contributed by atoms with Crippen molar-refractivity contribution >= 4 is 34.3 Å². The van der Waals surface area contributed by atoms with Crippen molar-refractivity contribution in [1.82, 2.24) is 4.90 Å². The summed E-state index contributed by atoms with van der Waals surface area (Å²) < 4.78 is 5.46. The van der Waals surface area contributed by atoms with Crippen LogP contribution >= 0.6 is 11.8 Å². The van der Waals surface area contributed by atoms with E-state index in [0.29, 0.717) is 0 Å². The lowest BCUT2D eigenvalue weighted by atomic mass is 10.1. The van der Waals surface area contributed by atoms with Gasteiger partial charge in [-0.05, 0) is 35.0 Å². The second kappa shape index (κ2) is 6.01. The van der Waals surface area contributed by atoms with Gasteiger partial charge in [0.05, 0.1) is 6.26 Å². The first-order chi connectivity index (χ1) is 11.3. The first-order valence-electron chi connectivity index (χ1n) is 7.53. The van der Waals surface area contributed by atoms with Gasteiger partial charge in [0.25, 0.3) is 0 Å². The highest BCUT2D eigenvalue weighted by molar-refractivity contribution is 7.99. The Kier molecular flexibility index (Phi) is 3.71. The van der Waals surface area contributed by atoms with Gasteiger partial charge in [0.15, 0.2) is 0 Å². The van der Waals surface area contributed by atoms with Crippen molar-refractivity contribution in [3.63, 3.8) is 0 Å². The maximum atomic E-state index is 12.6. The van der Waals surface area contributed by atoms with Gasteiger partial charge in [-0.3, -0.25) is 0 Å². The predicted octanol–water partition coefficient (Wildman–Crippen LogP) is 4.71. The Morgan fingerprint density at radius 3 is 2.83 bits per heavy atom. The molecule has 2 amide bonds. The molecule has 1 unspecified atom stereocenters. The minimum atomic E-state index is -0.0910. The maximum Gasteiger partial charge on any atom is 0.323 e. The lowest BCUT2D eigenvalue weighted by Gasteiger charge is -2.22. The summed E-state index contributed by atoms with van der Waals surface area (Å²) in [5.41, 5.74) is 0.809. The molecule has 116 valence electrons. The van der Waals surface area contributed by atoms with Gasteiger partial charge >= 0.3 is 6.03 Å². The summed E-state index contributed by atoms with van der Waals surface area (Å²) in [4.78, 5) is 14.4. The topological polar surface area (TPSA) is 45.5 Å². The van der Waals surface area contributed by atoms with Gasteiger partial charge in [-0.15, -0.1) is 11.8 Å². The average molecular weight is 324 g/mol. The number of rotatable bonds is 2. The number of fused-ring (bicyclic) bond motifs is 1. The van der Waals surface area contributed by atoms with Gasteiger partial charge in [0, 0.05) is 18.0 Å². The number of hydrogen-bond donors (Lipinski definition) is 1. The molecule has 1 aliphatic rings. The Morgan fingerprint density at radius 1 is 1.13 bits per heavy atom. The van der Waals surface area contributed by atoms with Gasteiger partial charge in [-0.2, -0.15) is 0 Å². The smallest absolute Gasteiger partial charge is 0.323 e. The van der Waals surface area contributed by atoms with Gasteiger partial charge in [0.2, 0.25) is 0 Å². The number of anilines is 1.